The van der Waals surface area contributed by atoms with Gasteiger partial charge in [-0.25, -0.2) is 4.79 Å². The fourth-order valence-electron chi connectivity index (χ4n) is 2.51. The first kappa shape index (κ1) is 20.7. The van der Waals surface area contributed by atoms with Gasteiger partial charge in [0.2, 0.25) is 0 Å². The van der Waals surface area contributed by atoms with Crippen LogP contribution in [0.3, 0.4) is 0 Å². The number of hydrogen-bond donors (Lipinski definition) is 0. The quantitative estimate of drug-likeness (QED) is 0.266. The minimum Gasteiger partial charge on any atom is -0.481 e. The van der Waals surface area contributed by atoms with E-state index in [-0.39, 0.29) is 18.8 Å². The number of fused-ring (bicyclic) bond motifs is 2. The molecule has 2 heterocycles. The molecule has 0 saturated heterocycles. The zero-order valence-electron chi connectivity index (χ0n) is 15.8. The van der Waals surface area contributed by atoms with Crippen molar-refractivity contribution in [3.8, 4) is 36.2 Å². The molecule has 0 radical (unpaired) electrons. The Labute approximate surface area is 177 Å². The fourth-order valence-corrected chi connectivity index (χ4v) is 2.67. The average Bonchev–Trinajstić information content (AvgIpc) is 2.76. The van der Waals surface area contributed by atoms with Crippen LogP contribution in [0.15, 0.2) is 74.3 Å². The first-order chi connectivity index (χ1) is 14.6. The first-order valence-electron chi connectivity index (χ1n) is 8.79. The van der Waals surface area contributed by atoms with Crippen LogP contribution < -0.4 is 15.1 Å². The van der Waals surface area contributed by atoms with Crippen LogP contribution in [-0.4, -0.2) is 13.2 Å². The molecule has 0 atom stereocenters. The highest BCUT2D eigenvalue weighted by Gasteiger charge is 2.00. The lowest BCUT2D eigenvalue weighted by atomic mass is 10.2. The molecule has 0 aliphatic carbocycles. The molecule has 2 aromatic heterocycles. The molecule has 4 aromatic rings. The summed E-state index contributed by atoms with van der Waals surface area (Å²) in [5.41, 5.74) is 0.825. The van der Waals surface area contributed by atoms with Gasteiger partial charge in [-0.3, -0.25) is 0 Å². The first-order valence-corrected chi connectivity index (χ1v) is 9.20. The molecule has 0 fully saturated rings. The van der Waals surface area contributed by atoms with E-state index in [1.165, 1.54) is 6.07 Å². The van der Waals surface area contributed by atoms with E-state index in [0.29, 0.717) is 27.4 Å². The molecule has 0 N–H and O–H groups in total. The third kappa shape index (κ3) is 5.51. The predicted molar refractivity (Wildman–Crippen MR) is 118 cm³/mol. The summed E-state index contributed by atoms with van der Waals surface area (Å²) in [6, 6.07) is 17.5. The Morgan fingerprint density at radius 3 is 1.83 bits per heavy atom. The largest absolute Gasteiger partial charge is 0.481 e. The topological polar surface area (TPSA) is 61.8 Å². The maximum absolute atomic E-state index is 11.0. The second kappa shape index (κ2) is 9.97. The maximum Gasteiger partial charge on any atom is 0.336 e. The van der Waals surface area contributed by atoms with Crippen molar-refractivity contribution in [3.63, 3.8) is 0 Å². The maximum atomic E-state index is 11.0. The Morgan fingerprint density at radius 1 is 0.767 bits per heavy atom. The SMILES string of the molecule is C#CCOc1ccc2ccc(=O)oc2c1.C#CCOc1ccc2ccc(=S)oc2c1. The van der Waals surface area contributed by atoms with Gasteiger partial charge in [0.25, 0.3) is 0 Å². The second-order valence-electron chi connectivity index (χ2n) is 5.89. The smallest absolute Gasteiger partial charge is 0.336 e. The minimum absolute atomic E-state index is 0.197. The van der Waals surface area contributed by atoms with E-state index in [9.17, 15) is 4.79 Å². The molecule has 2 aromatic carbocycles. The third-order valence-corrected chi connectivity index (χ3v) is 4.05. The molecule has 0 aliphatic heterocycles. The zero-order chi connectivity index (χ0) is 21.3. The van der Waals surface area contributed by atoms with Gasteiger partial charge in [0.1, 0.15) is 35.9 Å². The lowest BCUT2D eigenvalue weighted by Crippen LogP contribution is -1.96. The van der Waals surface area contributed by atoms with Gasteiger partial charge in [-0.05, 0) is 54.7 Å². The summed E-state index contributed by atoms with van der Waals surface area (Å²) >= 11 is 4.93. The Bertz CT molecular complexity index is 1260. The Balaban J connectivity index is 0.000000171. The molecule has 5 nitrogen and oxygen atoms in total. The Hall–Kier alpha value is -4.00. The molecule has 148 valence electrons. The second-order valence-corrected chi connectivity index (χ2v) is 6.30. The molecule has 0 saturated carbocycles. The van der Waals surface area contributed by atoms with Crippen molar-refractivity contribution in [1.29, 1.82) is 0 Å². The van der Waals surface area contributed by atoms with Gasteiger partial charge in [0, 0.05) is 29.0 Å². The summed E-state index contributed by atoms with van der Waals surface area (Å²) in [4.78, 5) is 11.0. The highest BCUT2D eigenvalue weighted by atomic mass is 32.1. The molecular formula is C24H16O5S. The summed E-state index contributed by atoms with van der Waals surface area (Å²) < 4.78 is 21.3. The van der Waals surface area contributed by atoms with Gasteiger partial charge in [-0.1, -0.05) is 11.8 Å². The van der Waals surface area contributed by atoms with Crippen LogP contribution in [0.2, 0.25) is 0 Å². The van der Waals surface area contributed by atoms with E-state index < -0.39 is 0 Å². The number of hydrogen-bond acceptors (Lipinski definition) is 6. The molecule has 0 unspecified atom stereocenters. The van der Waals surface area contributed by atoms with Gasteiger partial charge < -0.3 is 18.3 Å². The lowest BCUT2D eigenvalue weighted by Gasteiger charge is -2.02. The van der Waals surface area contributed by atoms with Gasteiger partial charge in [-0.2, -0.15) is 0 Å². The predicted octanol–water partition coefficient (Wildman–Crippen LogP) is 4.98. The number of ether oxygens (including phenoxy) is 2. The van der Waals surface area contributed by atoms with Crippen LogP contribution in [0.1, 0.15) is 0 Å². The number of benzene rings is 2. The molecule has 0 bridgehead atoms. The molecule has 4 rings (SSSR count). The van der Waals surface area contributed by atoms with E-state index in [4.69, 9.17) is 43.4 Å². The summed E-state index contributed by atoms with van der Waals surface area (Å²) in [6.07, 6.45) is 10.2. The summed E-state index contributed by atoms with van der Waals surface area (Å²) in [6.45, 7) is 0.446. The van der Waals surface area contributed by atoms with Crippen LogP contribution in [0.25, 0.3) is 21.9 Å². The van der Waals surface area contributed by atoms with Gasteiger partial charge in [-0.15, -0.1) is 12.8 Å². The average molecular weight is 416 g/mol. The molecular weight excluding hydrogens is 400 g/mol. The van der Waals surface area contributed by atoms with E-state index in [1.54, 1.807) is 30.3 Å². The van der Waals surface area contributed by atoms with Crippen molar-refractivity contribution in [3.05, 3.63) is 75.8 Å². The highest BCUT2D eigenvalue weighted by molar-refractivity contribution is 7.71. The van der Waals surface area contributed by atoms with E-state index in [2.05, 4.69) is 11.8 Å². The molecule has 0 aliphatic rings. The summed E-state index contributed by atoms with van der Waals surface area (Å²) in [5, 5.41) is 1.83. The summed E-state index contributed by atoms with van der Waals surface area (Å²) in [5.74, 6) is 6.04. The van der Waals surface area contributed by atoms with E-state index >= 15 is 0 Å². The Morgan fingerprint density at radius 2 is 1.27 bits per heavy atom. The van der Waals surface area contributed by atoms with Crippen molar-refractivity contribution in [2.75, 3.05) is 13.2 Å². The van der Waals surface area contributed by atoms with E-state index in [1.807, 2.05) is 24.3 Å². The zero-order valence-corrected chi connectivity index (χ0v) is 16.6. The molecule has 0 amide bonds. The minimum atomic E-state index is -0.378. The normalized spacial score (nSPS) is 9.80. The Kier molecular flexibility index (Phi) is 6.89. The van der Waals surface area contributed by atoms with E-state index in [0.717, 1.165) is 10.8 Å². The molecule has 0 spiro atoms. The van der Waals surface area contributed by atoms with Gasteiger partial charge in [0.15, 0.2) is 4.71 Å². The number of terminal acetylenes is 2. The van der Waals surface area contributed by atoms with Crippen LogP contribution >= 0.6 is 12.2 Å². The van der Waals surface area contributed by atoms with Gasteiger partial charge >= 0.3 is 5.63 Å². The summed E-state index contributed by atoms with van der Waals surface area (Å²) in [7, 11) is 0. The van der Waals surface area contributed by atoms with Crippen molar-refractivity contribution in [1.82, 2.24) is 0 Å². The van der Waals surface area contributed by atoms with Crippen LogP contribution in [0.5, 0.6) is 11.5 Å². The molecule has 6 heteroatoms. The highest BCUT2D eigenvalue weighted by Crippen LogP contribution is 2.21. The van der Waals surface area contributed by atoms with Crippen molar-refractivity contribution in [2.45, 2.75) is 0 Å². The van der Waals surface area contributed by atoms with Crippen LogP contribution in [0, 0.1) is 29.4 Å². The monoisotopic (exact) mass is 416 g/mol. The fraction of sp³-hybridized carbons (Fsp3) is 0.0833. The van der Waals surface area contributed by atoms with Crippen molar-refractivity contribution in [2.24, 2.45) is 0 Å². The van der Waals surface area contributed by atoms with Gasteiger partial charge in [0.05, 0.1) is 0 Å². The van der Waals surface area contributed by atoms with Crippen LogP contribution in [-0.2, 0) is 0 Å². The van der Waals surface area contributed by atoms with Crippen LogP contribution in [0.4, 0.5) is 0 Å². The third-order valence-electron chi connectivity index (χ3n) is 3.83. The number of rotatable bonds is 4. The molecule has 30 heavy (non-hydrogen) atoms. The lowest BCUT2D eigenvalue weighted by molar-refractivity contribution is 0.370. The van der Waals surface area contributed by atoms with Crippen molar-refractivity contribution < 1.29 is 18.3 Å². The van der Waals surface area contributed by atoms with Crippen molar-refractivity contribution >= 4 is 34.2 Å². The standard InChI is InChI=1S/C12H8O3.C12H8O2S/c1-2-7-14-10-5-3-9-4-6-12(13)15-11(9)8-10;1-2-7-13-10-5-3-9-4-6-12(15)14-11(9)8-10/h2*1,3-6,8H,7H2.